The molecule has 0 saturated carbocycles. The molecule has 0 aliphatic carbocycles. The van der Waals surface area contributed by atoms with Gasteiger partial charge in [0.05, 0.1) is 0 Å². The number of hydrogen-bond acceptors (Lipinski definition) is 4. The topological polar surface area (TPSA) is 90.5 Å². The summed E-state index contributed by atoms with van der Waals surface area (Å²) >= 11 is 6.22. The third kappa shape index (κ3) is 8.93. The Balaban J connectivity index is 0.00000484. The molecule has 42 heavy (non-hydrogen) atoms. The first-order valence-electron chi connectivity index (χ1n) is 14.4. The Bertz CT molecular complexity index is 1370. The van der Waals surface area contributed by atoms with Crippen LogP contribution in [0.1, 0.15) is 51.2 Å². The first kappa shape index (κ1) is 33.4. The summed E-state index contributed by atoms with van der Waals surface area (Å²) < 4.78 is 0. The highest BCUT2D eigenvalue weighted by atomic mass is 35.5. The predicted octanol–water partition coefficient (Wildman–Crippen LogP) is 5.28. The van der Waals surface area contributed by atoms with E-state index in [-0.39, 0.29) is 30.1 Å². The maximum Gasteiger partial charge on any atom is 0.243 e. The highest BCUT2D eigenvalue weighted by molar-refractivity contribution is 6.31. The minimum atomic E-state index is -0.757. The molecule has 1 fully saturated rings. The van der Waals surface area contributed by atoms with Crippen molar-refractivity contribution in [1.82, 2.24) is 20.9 Å². The van der Waals surface area contributed by atoms with Crippen LogP contribution in [0.3, 0.4) is 0 Å². The lowest BCUT2D eigenvalue weighted by molar-refractivity contribution is -0.145. The summed E-state index contributed by atoms with van der Waals surface area (Å²) in [7, 11) is 0. The molecule has 4 rings (SSSR count). The number of nitrogens with one attached hydrogen (secondary N) is 3. The number of hydrogen-bond donors (Lipinski definition) is 3. The number of fused-ring (bicyclic) bond motifs is 1. The van der Waals surface area contributed by atoms with Crippen molar-refractivity contribution >= 4 is 52.5 Å². The zero-order chi connectivity index (χ0) is 29.4. The van der Waals surface area contributed by atoms with Gasteiger partial charge < -0.3 is 20.9 Å². The molecule has 3 amide bonds. The van der Waals surface area contributed by atoms with Crippen LogP contribution in [0.2, 0.25) is 5.02 Å². The van der Waals surface area contributed by atoms with Crippen LogP contribution >= 0.6 is 24.0 Å². The van der Waals surface area contributed by atoms with E-state index in [2.05, 4.69) is 22.0 Å². The molecular formula is C33H42Cl2N4O3. The lowest BCUT2D eigenvalue weighted by Gasteiger charge is -2.31. The van der Waals surface area contributed by atoms with Crippen LogP contribution in [0.4, 0.5) is 0 Å². The van der Waals surface area contributed by atoms with Crippen molar-refractivity contribution in [2.24, 2.45) is 5.41 Å². The highest BCUT2D eigenvalue weighted by Crippen LogP contribution is 2.26. The largest absolute Gasteiger partial charge is 0.354 e. The van der Waals surface area contributed by atoms with E-state index in [4.69, 9.17) is 11.6 Å². The average molecular weight is 614 g/mol. The number of halogens is 2. The zero-order valence-electron chi connectivity index (χ0n) is 24.6. The van der Waals surface area contributed by atoms with Gasteiger partial charge in [0.15, 0.2) is 0 Å². The number of carbonyl (C=O) groups excluding carboxylic acids is 3. The van der Waals surface area contributed by atoms with E-state index in [0.29, 0.717) is 39.0 Å². The Morgan fingerprint density at radius 3 is 2.43 bits per heavy atom. The summed E-state index contributed by atoms with van der Waals surface area (Å²) in [5.74, 6) is -0.554. The Hall–Kier alpha value is -3.13. The van der Waals surface area contributed by atoms with Gasteiger partial charge in [-0.05, 0) is 53.8 Å². The highest BCUT2D eigenvalue weighted by Gasteiger charge is 2.39. The van der Waals surface area contributed by atoms with E-state index in [0.717, 1.165) is 39.8 Å². The third-order valence-electron chi connectivity index (χ3n) is 7.45. The van der Waals surface area contributed by atoms with E-state index in [1.54, 1.807) is 4.90 Å². The van der Waals surface area contributed by atoms with Crippen LogP contribution in [-0.4, -0.2) is 54.3 Å². The summed E-state index contributed by atoms with van der Waals surface area (Å²) in [4.78, 5) is 41.5. The Labute approximate surface area is 260 Å². The van der Waals surface area contributed by atoms with Crippen molar-refractivity contribution in [2.75, 3.05) is 19.6 Å². The van der Waals surface area contributed by atoms with Crippen molar-refractivity contribution in [3.63, 3.8) is 0 Å². The van der Waals surface area contributed by atoms with Crippen LogP contribution < -0.4 is 16.0 Å². The monoisotopic (exact) mass is 612 g/mol. The van der Waals surface area contributed by atoms with Gasteiger partial charge in [-0.2, -0.15) is 0 Å². The number of carbonyl (C=O) groups is 3. The van der Waals surface area contributed by atoms with Crippen LogP contribution in [0.15, 0.2) is 66.7 Å². The zero-order valence-corrected chi connectivity index (χ0v) is 26.2. The number of amides is 3. The molecule has 0 aromatic heterocycles. The molecule has 226 valence electrons. The maximum atomic E-state index is 13.5. The van der Waals surface area contributed by atoms with Crippen molar-refractivity contribution in [3.8, 4) is 0 Å². The smallest absolute Gasteiger partial charge is 0.243 e. The normalized spacial score (nSPS) is 15.6. The SMILES string of the molecule is CC(C)(C)C(=O)N1CCCC1C(=O)N[C@H](Cc1ccc2ccccc2c1)C(=O)NCCCNCc1ccccc1Cl.Cl. The fraction of sp³-hybridized carbons (Fsp3) is 0.424. The van der Waals surface area contributed by atoms with Crippen LogP contribution in [0.5, 0.6) is 0 Å². The summed E-state index contributed by atoms with van der Waals surface area (Å²) in [6, 6.07) is 20.5. The Kier molecular flexibility index (Phi) is 12.2. The molecule has 3 aromatic carbocycles. The second-order valence-corrected chi connectivity index (χ2v) is 12.2. The molecule has 1 aliphatic heterocycles. The van der Waals surface area contributed by atoms with Crippen molar-refractivity contribution < 1.29 is 14.4 Å². The van der Waals surface area contributed by atoms with Gasteiger partial charge in [-0.1, -0.05) is 93.0 Å². The van der Waals surface area contributed by atoms with Gasteiger partial charge in [0.25, 0.3) is 0 Å². The molecule has 3 N–H and O–H groups in total. The van der Waals surface area contributed by atoms with E-state index in [9.17, 15) is 14.4 Å². The molecule has 1 aliphatic rings. The molecule has 2 atom stereocenters. The fourth-order valence-electron chi connectivity index (χ4n) is 5.20. The summed E-state index contributed by atoms with van der Waals surface area (Å²) in [6.45, 7) is 7.97. The molecule has 3 aromatic rings. The number of likely N-dealkylation sites (tertiary alicyclic amines) is 1. The molecular weight excluding hydrogens is 571 g/mol. The van der Waals surface area contributed by atoms with E-state index < -0.39 is 17.5 Å². The second kappa shape index (κ2) is 15.4. The summed E-state index contributed by atoms with van der Waals surface area (Å²) in [5, 5.41) is 12.3. The average Bonchev–Trinajstić information content (AvgIpc) is 3.44. The van der Waals surface area contributed by atoms with Crippen molar-refractivity contribution in [2.45, 2.75) is 65.1 Å². The Morgan fingerprint density at radius 2 is 1.69 bits per heavy atom. The molecule has 9 heteroatoms. The maximum absolute atomic E-state index is 13.5. The molecule has 1 unspecified atom stereocenters. The lowest BCUT2D eigenvalue weighted by Crippen LogP contribution is -2.55. The van der Waals surface area contributed by atoms with Crippen molar-refractivity contribution in [3.05, 3.63) is 82.9 Å². The van der Waals surface area contributed by atoms with Crippen LogP contribution in [0, 0.1) is 5.41 Å². The van der Waals surface area contributed by atoms with E-state index >= 15 is 0 Å². The standard InChI is InChI=1S/C33H41ClN4O3.ClH/c1-33(2,3)32(41)38-19-8-14-29(38)31(40)37-28(21-23-15-16-24-10-4-5-11-25(24)20-23)30(39)36-18-9-17-35-22-26-12-6-7-13-27(26)34;/h4-7,10-13,15-16,20,28-29,35H,8-9,14,17-19,21-22H2,1-3H3,(H,36,39)(H,37,40);1H/t28-,29?;/m1./s1. The predicted molar refractivity (Wildman–Crippen MR) is 172 cm³/mol. The van der Waals surface area contributed by atoms with Gasteiger partial charge in [0, 0.05) is 36.5 Å². The van der Waals surface area contributed by atoms with Gasteiger partial charge in [0.2, 0.25) is 17.7 Å². The molecule has 0 radical (unpaired) electrons. The Morgan fingerprint density at radius 1 is 0.976 bits per heavy atom. The van der Waals surface area contributed by atoms with Gasteiger partial charge in [-0.25, -0.2) is 0 Å². The van der Waals surface area contributed by atoms with Gasteiger partial charge >= 0.3 is 0 Å². The van der Waals surface area contributed by atoms with Gasteiger partial charge in [-0.3, -0.25) is 14.4 Å². The minimum Gasteiger partial charge on any atom is -0.354 e. The lowest BCUT2D eigenvalue weighted by atomic mass is 9.94. The second-order valence-electron chi connectivity index (χ2n) is 11.8. The van der Waals surface area contributed by atoms with Crippen LogP contribution in [0.25, 0.3) is 10.8 Å². The number of rotatable bonds is 11. The quantitative estimate of drug-likeness (QED) is 0.257. The first-order valence-corrected chi connectivity index (χ1v) is 14.8. The first-order chi connectivity index (χ1) is 19.6. The summed E-state index contributed by atoms with van der Waals surface area (Å²) in [6.07, 6.45) is 2.44. The summed E-state index contributed by atoms with van der Waals surface area (Å²) in [5.41, 5.74) is 1.41. The van der Waals surface area contributed by atoms with Gasteiger partial charge in [0.1, 0.15) is 12.1 Å². The molecule has 0 spiro atoms. The van der Waals surface area contributed by atoms with Crippen molar-refractivity contribution in [1.29, 1.82) is 0 Å². The van der Waals surface area contributed by atoms with E-state index in [1.807, 2.05) is 81.4 Å². The van der Waals surface area contributed by atoms with E-state index in [1.165, 1.54) is 0 Å². The fourth-order valence-corrected chi connectivity index (χ4v) is 5.41. The molecule has 0 bridgehead atoms. The van der Waals surface area contributed by atoms with Crippen LogP contribution in [-0.2, 0) is 27.3 Å². The number of nitrogens with zero attached hydrogens (tertiary/aromatic N) is 1. The molecule has 1 saturated heterocycles. The third-order valence-corrected chi connectivity index (χ3v) is 7.82. The van der Waals surface area contributed by atoms with Gasteiger partial charge in [-0.15, -0.1) is 12.4 Å². The minimum absolute atomic E-state index is 0. The number of benzene rings is 3. The molecule has 1 heterocycles. The molecule has 7 nitrogen and oxygen atoms in total.